The number of nitrogens with one attached hydrogen (secondary N) is 1. The van der Waals surface area contributed by atoms with Crippen LogP contribution in [-0.2, 0) is 19.9 Å². The summed E-state index contributed by atoms with van der Waals surface area (Å²) in [6.45, 7) is 0. The summed E-state index contributed by atoms with van der Waals surface area (Å²) in [7, 11) is -4.17. The molecule has 1 aromatic rings. The smallest absolute Gasteiger partial charge is 1.00 e. The van der Waals surface area contributed by atoms with Crippen molar-refractivity contribution in [2.75, 3.05) is 5.73 Å². The standard InChI is InChI=1S/C4H6O6.C2H4N4.K.H3NO3S.H3N.Sb.H/c5-1(3(7)8)2(6)4(9)10;3-2-4-1-5-6-2;;1-5(2,3)4;;;/h1-2,5-6H,(H,7,8)(H,9,10);1H,(H3,3,4,5,6);;(H3,1,2,3,4);1H3;;/q;;+1;;;;-1. The predicted octanol–water partition coefficient (Wildman–Crippen LogP) is -7.09. The second kappa shape index (κ2) is 17.9. The van der Waals surface area contributed by atoms with Gasteiger partial charge >= 0.3 is 73.6 Å². The van der Waals surface area contributed by atoms with E-state index in [1.807, 2.05) is 0 Å². The average molecular weight is 510 g/mol. The number of H-pyrrole nitrogens is 1. The number of nitrogen functional groups attached to an aromatic ring is 1. The normalized spacial score (nSPS) is 11.2. The number of carbonyl (C=O) groups is 2. The first kappa shape index (κ1) is 35.2. The molecule has 18 heteroatoms. The van der Waals surface area contributed by atoms with Gasteiger partial charge in [0.1, 0.15) is 6.33 Å². The number of rotatable bonds is 3. The molecule has 0 aromatic carbocycles. The van der Waals surface area contributed by atoms with Gasteiger partial charge in [-0.2, -0.15) is 13.5 Å². The van der Waals surface area contributed by atoms with E-state index in [1.54, 1.807) is 0 Å². The minimum absolute atomic E-state index is 0. The quantitative estimate of drug-likeness (QED) is 0.135. The molecule has 0 aliphatic heterocycles. The minimum Gasteiger partial charge on any atom is -1.00 e. The first-order valence-electron chi connectivity index (χ1n) is 4.54. The number of aliphatic hydroxyl groups is 2. The van der Waals surface area contributed by atoms with Crippen LogP contribution < -0.4 is 68.4 Å². The zero-order chi connectivity index (χ0) is 17.2. The monoisotopic (exact) mass is 509 g/mol. The first-order valence-corrected chi connectivity index (χ1v) is 6.04. The molecule has 1 aromatic heterocycles. The molecule has 2 atom stereocenters. The maximum atomic E-state index is 9.77. The minimum atomic E-state index is -4.17. The largest absolute Gasteiger partial charge is 1.00 e. The Bertz CT molecular complexity index is 523. The fourth-order valence-electron chi connectivity index (χ4n) is 0.485. The molecule has 0 spiro atoms. The van der Waals surface area contributed by atoms with Crippen molar-refractivity contribution >= 4 is 52.6 Å². The van der Waals surface area contributed by atoms with E-state index in [0.717, 1.165) is 0 Å². The van der Waals surface area contributed by atoms with Gasteiger partial charge in [-0.05, 0) is 0 Å². The Hall–Kier alpha value is 0.0845. The van der Waals surface area contributed by atoms with Crippen LogP contribution in [0.15, 0.2) is 6.33 Å². The molecule has 0 fully saturated rings. The van der Waals surface area contributed by atoms with Crippen molar-refractivity contribution in [2.45, 2.75) is 12.2 Å². The summed E-state index contributed by atoms with van der Waals surface area (Å²) < 4.78 is 25.2. The Balaban J connectivity index is -0.0000000530. The summed E-state index contributed by atoms with van der Waals surface area (Å²) in [6, 6.07) is 0. The Labute approximate surface area is 197 Å². The molecular formula is C6H17KN6O9SSb. The van der Waals surface area contributed by atoms with E-state index in [0.29, 0.717) is 5.95 Å². The van der Waals surface area contributed by atoms with Crippen molar-refractivity contribution in [3.05, 3.63) is 6.33 Å². The molecule has 3 radical (unpaired) electrons. The number of nitrogens with zero attached hydrogens (tertiary/aromatic N) is 2. The number of carboxylic acids is 2. The summed E-state index contributed by atoms with van der Waals surface area (Å²) >= 11 is 0. The topological polar surface area (TPSA) is 298 Å². The van der Waals surface area contributed by atoms with Crippen molar-refractivity contribution in [1.82, 2.24) is 21.3 Å². The molecule has 0 aliphatic rings. The SMILES string of the molecule is N.NS(=O)(=O)O.Nc1ncn[nH]1.O=C(O)C(O)C(O)C(=O)O.[H-].[K+].[Sb]. The van der Waals surface area contributed by atoms with Crippen LogP contribution in [0.3, 0.4) is 0 Å². The van der Waals surface area contributed by atoms with Gasteiger partial charge in [-0.1, -0.05) is 0 Å². The molecule has 0 saturated heterocycles. The molecular weight excluding hydrogens is 493 g/mol. The van der Waals surface area contributed by atoms with Gasteiger partial charge in [-0.15, -0.1) is 0 Å². The fraction of sp³-hybridized carbons (Fsp3) is 0.333. The van der Waals surface area contributed by atoms with Crippen LogP contribution in [0, 0.1) is 0 Å². The van der Waals surface area contributed by atoms with Crippen LogP contribution in [0.2, 0.25) is 0 Å². The van der Waals surface area contributed by atoms with Gasteiger partial charge < -0.3 is 33.7 Å². The number of hydrogen-bond donors (Lipinski definition) is 9. The zero-order valence-corrected chi connectivity index (χ0v) is 18.7. The maximum Gasteiger partial charge on any atom is 1.00 e. The van der Waals surface area contributed by atoms with Crippen LogP contribution >= 0.6 is 0 Å². The van der Waals surface area contributed by atoms with Crippen LogP contribution in [0.25, 0.3) is 0 Å². The molecule has 0 bridgehead atoms. The van der Waals surface area contributed by atoms with Gasteiger partial charge in [0.25, 0.3) is 0 Å². The Kier molecular flexibility index (Phi) is 26.3. The van der Waals surface area contributed by atoms with E-state index in [4.69, 9.17) is 39.1 Å². The number of aliphatic hydroxyl groups excluding tert-OH is 2. The molecule has 1 rings (SSSR count). The second-order valence-electron chi connectivity index (χ2n) is 2.95. The number of hydrogen-bond acceptors (Lipinski definition) is 10. The molecule has 0 amide bonds. The number of anilines is 1. The molecule has 2 unspecified atom stereocenters. The zero-order valence-electron chi connectivity index (χ0n) is 13.2. The number of aromatic nitrogens is 3. The van der Waals surface area contributed by atoms with Crippen molar-refractivity contribution in [2.24, 2.45) is 5.14 Å². The second-order valence-corrected chi connectivity index (χ2v) is 3.98. The van der Waals surface area contributed by atoms with E-state index < -0.39 is 34.5 Å². The van der Waals surface area contributed by atoms with E-state index in [1.165, 1.54) is 6.33 Å². The van der Waals surface area contributed by atoms with Gasteiger partial charge in [0.15, 0.2) is 12.2 Å². The predicted molar refractivity (Wildman–Crippen MR) is 75.7 cm³/mol. The summed E-state index contributed by atoms with van der Waals surface area (Å²) in [5, 5.41) is 42.3. The summed E-state index contributed by atoms with van der Waals surface area (Å²) in [5.74, 6) is -3.18. The molecule has 137 valence electrons. The van der Waals surface area contributed by atoms with E-state index in [-0.39, 0.29) is 83.4 Å². The third kappa shape index (κ3) is 27.0. The number of aromatic amines is 1. The van der Waals surface area contributed by atoms with Gasteiger partial charge in [-0.25, -0.2) is 24.8 Å². The van der Waals surface area contributed by atoms with Crippen molar-refractivity contribution in [3.8, 4) is 0 Å². The molecule has 0 aliphatic carbocycles. The summed E-state index contributed by atoms with van der Waals surface area (Å²) in [5.41, 5.74) is 5.05. The number of nitrogens with two attached hydrogens (primary N) is 2. The fourth-order valence-corrected chi connectivity index (χ4v) is 0.485. The Morgan fingerprint density at radius 3 is 1.58 bits per heavy atom. The van der Waals surface area contributed by atoms with Crippen LogP contribution in [0.5, 0.6) is 0 Å². The van der Waals surface area contributed by atoms with Gasteiger partial charge in [0.05, 0.1) is 0 Å². The number of carboxylic acid groups (broad SMARTS) is 2. The van der Waals surface area contributed by atoms with Crippen molar-refractivity contribution in [3.63, 3.8) is 0 Å². The van der Waals surface area contributed by atoms with E-state index in [2.05, 4.69) is 20.3 Å². The molecule has 13 N–H and O–H groups in total. The summed E-state index contributed by atoms with van der Waals surface area (Å²) in [6.07, 6.45) is -3.18. The molecule has 24 heavy (non-hydrogen) atoms. The number of aliphatic carboxylic acids is 2. The molecule has 0 saturated carbocycles. The van der Waals surface area contributed by atoms with Crippen LogP contribution in [0.1, 0.15) is 1.43 Å². The van der Waals surface area contributed by atoms with Crippen LogP contribution in [-0.4, -0.2) is 97.2 Å². The third-order valence-corrected chi connectivity index (χ3v) is 1.24. The Morgan fingerprint density at radius 2 is 1.50 bits per heavy atom. The van der Waals surface area contributed by atoms with E-state index >= 15 is 0 Å². The van der Waals surface area contributed by atoms with Gasteiger partial charge in [-0.3, -0.25) is 4.55 Å². The average Bonchev–Trinajstić information content (AvgIpc) is 2.76. The van der Waals surface area contributed by atoms with E-state index in [9.17, 15) is 9.59 Å². The Morgan fingerprint density at radius 1 is 1.21 bits per heavy atom. The van der Waals surface area contributed by atoms with Crippen LogP contribution in [0.4, 0.5) is 5.95 Å². The van der Waals surface area contributed by atoms with Crippen molar-refractivity contribution in [1.29, 1.82) is 0 Å². The molecule has 15 nitrogen and oxygen atoms in total. The third-order valence-electron chi connectivity index (χ3n) is 1.24. The van der Waals surface area contributed by atoms with Gasteiger partial charge in [0, 0.05) is 24.4 Å². The maximum absolute atomic E-state index is 9.77. The van der Waals surface area contributed by atoms with Gasteiger partial charge in [0.2, 0.25) is 5.95 Å². The first-order chi connectivity index (χ1) is 9.36. The van der Waals surface area contributed by atoms with Crippen molar-refractivity contribution < 1.29 is 95.8 Å². The molecule has 1 heterocycles. The summed E-state index contributed by atoms with van der Waals surface area (Å²) in [4.78, 5) is 23.1.